The molecule has 0 saturated carbocycles. The zero-order valence-corrected chi connectivity index (χ0v) is 12.1. The lowest BCUT2D eigenvalue weighted by Gasteiger charge is -2.13. The second-order valence-corrected chi connectivity index (χ2v) is 6.40. The number of carboxylic acids is 1. The van der Waals surface area contributed by atoms with Crippen LogP contribution in [0.25, 0.3) is 0 Å². The number of hydrogen-bond acceptors (Lipinski definition) is 4. The molecule has 0 radical (unpaired) electrons. The predicted octanol–water partition coefficient (Wildman–Crippen LogP) is 1.74. The third-order valence-corrected chi connectivity index (χ3v) is 4.24. The Hall–Kier alpha value is -1.34. The lowest BCUT2D eigenvalue weighted by Crippen LogP contribution is -2.29. The molecule has 2 N–H and O–H groups in total. The summed E-state index contributed by atoms with van der Waals surface area (Å²) in [6, 6.07) is 1.40. The van der Waals surface area contributed by atoms with E-state index in [0.29, 0.717) is 5.76 Å². The van der Waals surface area contributed by atoms with Gasteiger partial charge < -0.3 is 9.52 Å². The number of aryl methyl sites for hydroxylation is 2. The van der Waals surface area contributed by atoms with Crippen LogP contribution in [0.15, 0.2) is 10.5 Å². The van der Waals surface area contributed by atoms with E-state index in [4.69, 9.17) is 9.52 Å². The molecule has 1 unspecified atom stereocenters. The van der Waals surface area contributed by atoms with Crippen molar-refractivity contribution in [2.24, 2.45) is 0 Å². The first-order chi connectivity index (χ1) is 8.71. The first-order valence-corrected chi connectivity index (χ1v) is 7.65. The molecule has 0 aliphatic rings. The number of rotatable bonds is 7. The van der Waals surface area contributed by atoms with Gasteiger partial charge in [0.1, 0.15) is 11.5 Å². The maximum absolute atomic E-state index is 11.8. The van der Waals surface area contributed by atoms with Crippen molar-refractivity contribution >= 4 is 16.0 Å². The van der Waals surface area contributed by atoms with Crippen LogP contribution in [-0.4, -0.2) is 25.2 Å². The minimum absolute atomic E-state index is 0.0980. The number of furan rings is 1. The molecular weight excluding hydrogens is 270 g/mol. The summed E-state index contributed by atoms with van der Waals surface area (Å²) in [6.45, 7) is 5.30. The third-order valence-electron chi connectivity index (χ3n) is 2.71. The molecule has 0 aliphatic carbocycles. The summed E-state index contributed by atoms with van der Waals surface area (Å²) in [7, 11) is -3.49. The molecule has 1 aromatic rings. The SMILES string of the molecule is Cc1cc(C(C)NS(=O)(=O)CCCC(=O)O)c(C)o1. The molecule has 0 bridgehead atoms. The van der Waals surface area contributed by atoms with Crippen molar-refractivity contribution in [2.75, 3.05) is 5.75 Å². The first-order valence-electron chi connectivity index (χ1n) is 6.00. The Bertz CT molecular complexity index is 546. The Morgan fingerprint density at radius 2 is 2.11 bits per heavy atom. The van der Waals surface area contributed by atoms with E-state index >= 15 is 0 Å². The lowest BCUT2D eigenvalue weighted by molar-refractivity contribution is -0.137. The largest absolute Gasteiger partial charge is 0.481 e. The van der Waals surface area contributed by atoms with Crippen LogP contribution in [-0.2, 0) is 14.8 Å². The molecule has 0 amide bonds. The molecular formula is C12H19NO5S. The fourth-order valence-electron chi connectivity index (χ4n) is 1.89. The van der Waals surface area contributed by atoms with Gasteiger partial charge >= 0.3 is 5.97 Å². The normalized spacial score (nSPS) is 13.4. The van der Waals surface area contributed by atoms with Gasteiger partial charge in [0, 0.05) is 18.0 Å². The molecule has 0 aromatic carbocycles. The Labute approximate surface area is 112 Å². The van der Waals surface area contributed by atoms with Gasteiger partial charge in [-0.1, -0.05) is 0 Å². The molecule has 1 aromatic heterocycles. The summed E-state index contributed by atoms with van der Waals surface area (Å²) in [5.41, 5.74) is 0.791. The highest BCUT2D eigenvalue weighted by Crippen LogP contribution is 2.21. The van der Waals surface area contributed by atoms with Gasteiger partial charge in [-0.3, -0.25) is 4.79 Å². The number of hydrogen-bond donors (Lipinski definition) is 2. The zero-order chi connectivity index (χ0) is 14.6. The fourth-order valence-corrected chi connectivity index (χ4v) is 3.19. The average molecular weight is 289 g/mol. The Balaban J connectivity index is 2.62. The monoisotopic (exact) mass is 289 g/mol. The van der Waals surface area contributed by atoms with E-state index in [1.165, 1.54) is 0 Å². The van der Waals surface area contributed by atoms with Crippen LogP contribution in [0.4, 0.5) is 0 Å². The molecule has 7 heteroatoms. The van der Waals surface area contributed by atoms with Crippen LogP contribution in [0, 0.1) is 13.8 Å². The number of nitrogens with one attached hydrogen (secondary N) is 1. The Morgan fingerprint density at radius 3 is 2.58 bits per heavy atom. The van der Waals surface area contributed by atoms with Crippen LogP contribution in [0.2, 0.25) is 0 Å². The fraction of sp³-hybridized carbons (Fsp3) is 0.583. The van der Waals surface area contributed by atoms with E-state index in [9.17, 15) is 13.2 Å². The van der Waals surface area contributed by atoms with Crippen molar-refractivity contribution in [2.45, 2.75) is 39.7 Å². The van der Waals surface area contributed by atoms with E-state index in [0.717, 1.165) is 11.3 Å². The first kappa shape index (κ1) is 15.7. The molecule has 0 aliphatic heterocycles. The molecule has 0 spiro atoms. The third kappa shape index (κ3) is 5.04. The molecule has 0 fully saturated rings. The van der Waals surface area contributed by atoms with Gasteiger partial charge in [-0.2, -0.15) is 0 Å². The summed E-state index contributed by atoms with van der Waals surface area (Å²) in [5, 5.41) is 8.48. The van der Waals surface area contributed by atoms with E-state index in [2.05, 4.69) is 4.72 Å². The van der Waals surface area contributed by atoms with Gasteiger partial charge in [0.25, 0.3) is 0 Å². The van der Waals surface area contributed by atoms with Crippen LogP contribution < -0.4 is 4.72 Å². The average Bonchev–Trinajstić information content (AvgIpc) is 2.56. The topological polar surface area (TPSA) is 96.6 Å². The summed E-state index contributed by atoms with van der Waals surface area (Å²) in [4.78, 5) is 10.3. The molecule has 1 heterocycles. The van der Waals surface area contributed by atoms with Gasteiger partial charge in [-0.05, 0) is 33.3 Å². The summed E-state index contributed by atoms with van der Waals surface area (Å²) < 4.78 is 31.4. The van der Waals surface area contributed by atoms with Crippen LogP contribution in [0.1, 0.15) is 42.9 Å². The standard InChI is InChI=1S/C12H19NO5S/c1-8-7-11(10(3)18-8)9(2)13-19(16,17)6-4-5-12(14)15/h7,9,13H,4-6H2,1-3H3,(H,14,15). The van der Waals surface area contributed by atoms with Gasteiger partial charge in [-0.15, -0.1) is 0 Å². The van der Waals surface area contributed by atoms with Crippen molar-refractivity contribution in [3.8, 4) is 0 Å². The highest BCUT2D eigenvalue weighted by Gasteiger charge is 2.19. The molecule has 108 valence electrons. The van der Waals surface area contributed by atoms with Crippen molar-refractivity contribution < 1.29 is 22.7 Å². The summed E-state index contributed by atoms with van der Waals surface area (Å²) in [5.74, 6) is 0.215. The minimum atomic E-state index is -3.49. The lowest BCUT2D eigenvalue weighted by atomic mass is 10.1. The number of sulfonamides is 1. The van der Waals surface area contributed by atoms with E-state index in [-0.39, 0.29) is 18.6 Å². The number of carboxylic acid groups (broad SMARTS) is 1. The van der Waals surface area contributed by atoms with Gasteiger partial charge in [0.05, 0.1) is 5.75 Å². The van der Waals surface area contributed by atoms with Crippen molar-refractivity contribution in [1.29, 1.82) is 0 Å². The van der Waals surface area contributed by atoms with Gasteiger partial charge in [0.2, 0.25) is 10.0 Å². The van der Waals surface area contributed by atoms with Crippen molar-refractivity contribution in [1.82, 2.24) is 4.72 Å². The smallest absolute Gasteiger partial charge is 0.303 e. The highest BCUT2D eigenvalue weighted by atomic mass is 32.2. The van der Waals surface area contributed by atoms with Gasteiger partial charge in [0.15, 0.2) is 0 Å². The Kier molecular flexibility index (Phi) is 5.13. The van der Waals surface area contributed by atoms with Crippen LogP contribution in [0.3, 0.4) is 0 Å². The van der Waals surface area contributed by atoms with E-state index in [1.54, 1.807) is 26.8 Å². The molecule has 6 nitrogen and oxygen atoms in total. The van der Waals surface area contributed by atoms with Crippen molar-refractivity contribution in [3.63, 3.8) is 0 Å². The number of aliphatic carboxylic acids is 1. The second kappa shape index (κ2) is 6.21. The molecule has 1 atom stereocenters. The summed E-state index contributed by atoms with van der Waals surface area (Å²) >= 11 is 0. The maximum Gasteiger partial charge on any atom is 0.303 e. The van der Waals surface area contributed by atoms with E-state index in [1.807, 2.05) is 0 Å². The minimum Gasteiger partial charge on any atom is -0.481 e. The van der Waals surface area contributed by atoms with Gasteiger partial charge in [-0.25, -0.2) is 13.1 Å². The second-order valence-electron chi connectivity index (χ2n) is 4.52. The number of carbonyl (C=O) groups is 1. The quantitative estimate of drug-likeness (QED) is 0.797. The van der Waals surface area contributed by atoms with Crippen LogP contribution in [0.5, 0.6) is 0 Å². The van der Waals surface area contributed by atoms with E-state index < -0.39 is 22.0 Å². The summed E-state index contributed by atoms with van der Waals surface area (Å²) in [6.07, 6.45) is -0.0556. The van der Waals surface area contributed by atoms with Crippen LogP contribution >= 0.6 is 0 Å². The molecule has 1 rings (SSSR count). The Morgan fingerprint density at radius 1 is 1.47 bits per heavy atom. The molecule has 19 heavy (non-hydrogen) atoms. The highest BCUT2D eigenvalue weighted by molar-refractivity contribution is 7.89. The zero-order valence-electron chi connectivity index (χ0n) is 11.3. The predicted molar refractivity (Wildman–Crippen MR) is 70.4 cm³/mol. The van der Waals surface area contributed by atoms with Crippen molar-refractivity contribution in [3.05, 3.63) is 23.2 Å². The molecule has 0 saturated heterocycles. The maximum atomic E-state index is 11.8.